The normalized spacial score (nSPS) is 10.8. The predicted octanol–water partition coefficient (Wildman–Crippen LogP) is 3.56. The quantitative estimate of drug-likeness (QED) is 0.692. The fourth-order valence-electron chi connectivity index (χ4n) is 2.90. The molecule has 0 radical (unpaired) electrons. The zero-order chi connectivity index (χ0) is 15.7. The lowest BCUT2D eigenvalue weighted by Crippen LogP contribution is -2.28. The van der Waals surface area contributed by atoms with Gasteiger partial charge in [0.1, 0.15) is 0 Å². The molecule has 0 spiro atoms. The largest absolute Gasteiger partial charge is 0.303 e. The molecule has 3 nitrogen and oxygen atoms in total. The van der Waals surface area contributed by atoms with Crippen molar-refractivity contribution in [1.82, 2.24) is 4.57 Å². The van der Waals surface area contributed by atoms with Gasteiger partial charge in [-0.05, 0) is 31.0 Å². The van der Waals surface area contributed by atoms with Crippen molar-refractivity contribution in [3.63, 3.8) is 0 Å². The van der Waals surface area contributed by atoms with Crippen LogP contribution in [0.15, 0.2) is 59.4 Å². The molecule has 0 aliphatic rings. The van der Waals surface area contributed by atoms with E-state index >= 15 is 0 Å². The summed E-state index contributed by atoms with van der Waals surface area (Å²) in [5.41, 5.74) is 2.73. The Morgan fingerprint density at radius 2 is 1.64 bits per heavy atom. The van der Waals surface area contributed by atoms with Gasteiger partial charge in [0, 0.05) is 5.39 Å². The van der Waals surface area contributed by atoms with E-state index in [0.717, 1.165) is 22.0 Å². The number of carbonyl (C=O) groups excluding carboxylic acids is 1. The molecule has 1 heterocycles. The molecule has 0 amide bonds. The van der Waals surface area contributed by atoms with Crippen molar-refractivity contribution < 1.29 is 4.79 Å². The van der Waals surface area contributed by atoms with E-state index in [9.17, 15) is 9.59 Å². The van der Waals surface area contributed by atoms with Crippen LogP contribution in [0.3, 0.4) is 0 Å². The van der Waals surface area contributed by atoms with E-state index in [1.165, 1.54) is 6.92 Å². The van der Waals surface area contributed by atoms with Gasteiger partial charge in [0.2, 0.25) is 0 Å². The average molecular weight is 291 g/mol. The maximum atomic E-state index is 12.8. The van der Waals surface area contributed by atoms with Gasteiger partial charge in [-0.25, -0.2) is 0 Å². The summed E-state index contributed by atoms with van der Waals surface area (Å²) < 4.78 is 1.69. The fourth-order valence-corrected chi connectivity index (χ4v) is 2.90. The average Bonchev–Trinajstić information content (AvgIpc) is 2.52. The highest BCUT2D eigenvalue weighted by molar-refractivity contribution is 6.00. The molecule has 0 fully saturated rings. The number of aromatic nitrogens is 1. The number of pyridine rings is 1. The van der Waals surface area contributed by atoms with Gasteiger partial charge >= 0.3 is 0 Å². The van der Waals surface area contributed by atoms with E-state index in [1.54, 1.807) is 4.57 Å². The standard InChI is InChI=1S/C19H17NO2/c1-13-16-10-6-7-11-17(16)20(19(22)18(13)14(2)21)12-15-8-4-3-5-9-15/h3-11H,12H2,1-2H3. The molecular weight excluding hydrogens is 274 g/mol. The van der Waals surface area contributed by atoms with Crippen LogP contribution in [-0.4, -0.2) is 10.4 Å². The molecule has 0 aliphatic heterocycles. The molecule has 0 saturated heterocycles. The molecule has 0 saturated carbocycles. The molecule has 0 N–H and O–H groups in total. The minimum atomic E-state index is -0.215. The number of nitrogens with zero attached hydrogens (tertiary/aromatic N) is 1. The van der Waals surface area contributed by atoms with E-state index in [4.69, 9.17) is 0 Å². The molecule has 3 aromatic rings. The van der Waals surface area contributed by atoms with Crippen LogP contribution in [0.25, 0.3) is 10.9 Å². The van der Waals surface area contributed by atoms with Gasteiger partial charge in [0.05, 0.1) is 17.6 Å². The molecule has 3 heteroatoms. The first-order chi connectivity index (χ1) is 10.6. The molecule has 110 valence electrons. The summed E-state index contributed by atoms with van der Waals surface area (Å²) in [6.07, 6.45) is 0. The maximum absolute atomic E-state index is 12.8. The van der Waals surface area contributed by atoms with E-state index < -0.39 is 0 Å². The summed E-state index contributed by atoms with van der Waals surface area (Å²) >= 11 is 0. The second-order valence-corrected chi connectivity index (χ2v) is 5.45. The Balaban J connectivity index is 2.33. The van der Waals surface area contributed by atoms with Crippen LogP contribution in [-0.2, 0) is 6.54 Å². The van der Waals surface area contributed by atoms with Gasteiger partial charge in [0.15, 0.2) is 5.78 Å². The lowest BCUT2D eigenvalue weighted by Gasteiger charge is -2.15. The molecule has 22 heavy (non-hydrogen) atoms. The second kappa shape index (κ2) is 5.60. The van der Waals surface area contributed by atoms with Crippen molar-refractivity contribution in [3.8, 4) is 0 Å². The second-order valence-electron chi connectivity index (χ2n) is 5.45. The van der Waals surface area contributed by atoms with Gasteiger partial charge in [-0.1, -0.05) is 48.5 Å². The lowest BCUT2D eigenvalue weighted by molar-refractivity contribution is 0.101. The Kier molecular flexibility index (Phi) is 3.63. The van der Waals surface area contributed by atoms with Crippen LogP contribution in [0.1, 0.15) is 28.4 Å². The first-order valence-electron chi connectivity index (χ1n) is 7.26. The minimum Gasteiger partial charge on any atom is -0.303 e. The Bertz CT molecular complexity index is 908. The van der Waals surface area contributed by atoms with E-state index in [0.29, 0.717) is 6.54 Å². The van der Waals surface area contributed by atoms with Crippen LogP contribution in [0.2, 0.25) is 0 Å². The summed E-state index contributed by atoms with van der Waals surface area (Å²) in [5, 5.41) is 0.947. The third-order valence-corrected chi connectivity index (χ3v) is 3.97. The number of rotatable bonds is 3. The van der Waals surface area contributed by atoms with Crippen LogP contribution < -0.4 is 5.56 Å². The molecular formula is C19H17NO2. The van der Waals surface area contributed by atoms with Gasteiger partial charge in [-0.3, -0.25) is 9.59 Å². The predicted molar refractivity (Wildman–Crippen MR) is 88.5 cm³/mol. The minimum absolute atomic E-state index is 0.185. The highest BCUT2D eigenvalue weighted by atomic mass is 16.1. The number of ketones is 1. The molecule has 0 aliphatic carbocycles. The van der Waals surface area contributed by atoms with Crippen LogP contribution in [0, 0.1) is 6.92 Å². The number of fused-ring (bicyclic) bond motifs is 1. The van der Waals surface area contributed by atoms with Crippen molar-refractivity contribution >= 4 is 16.7 Å². The van der Waals surface area contributed by atoms with E-state index in [1.807, 2.05) is 61.5 Å². The summed E-state index contributed by atoms with van der Waals surface area (Å²) in [4.78, 5) is 24.7. The zero-order valence-electron chi connectivity index (χ0n) is 12.7. The fraction of sp³-hybridized carbons (Fsp3) is 0.158. The number of benzene rings is 2. The SMILES string of the molecule is CC(=O)c1c(C)c2ccccc2n(Cc2ccccc2)c1=O. The summed E-state index contributed by atoms with van der Waals surface area (Å²) in [5.74, 6) is -0.185. The third-order valence-electron chi connectivity index (χ3n) is 3.97. The number of Topliss-reactive ketones (excluding diaryl/α,β-unsaturated/α-hetero) is 1. The van der Waals surface area contributed by atoms with Crippen LogP contribution in [0.4, 0.5) is 0 Å². The monoisotopic (exact) mass is 291 g/mol. The van der Waals surface area contributed by atoms with Gasteiger partial charge in [-0.2, -0.15) is 0 Å². The van der Waals surface area contributed by atoms with Gasteiger partial charge in [0.25, 0.3) is 5.56 Å². The van der Waals surface area contributed by atoms with E-state index in [-0.39, 0.29) is 16.9 Å². The Morgan fingerprint density at radius 1 is 1.00 bits per heavy atom. The summed E-state index contributed by atoms with van der Waals surface area (Å²) in [6, 6.07) is 17.5. The van der Waals surface area contributed by atoms with Crippen molar-refractivity contribution in [1.29, 1.82) is 0 Å². The zero-order valence-corrected chi connectivity index (χ0v) is 12.7. The third kappa shape index (κ3) is 2.35. The number of carbonyl (C=O) groups is 1. The molecule has 3 rings (SSSR count). The Morgan fingerprint density at radius 3 is 2.32 bits per heavy atom. The van der Waals surface area contributed by atoms with Crippen LogP contribution in [0.5, 0.6) is 0 Å². The summed E-state index contributed by atoms with van der Waals surface area (Å²) in [6.45, 7) is 3.75. The Labute approximate surface area is 128 Å². The number of para-hydroxylation sites is 1. The number of hydrogen-bond acceptors (Lipinski definition) is 2. The first-order valence-corrected chi connectivity index (χ1v) is 7.26. The van der Waals surface area contributed by atoms with Crippen LogP contribution >= 0.6 is 0 Å². The van der Waals surface area contributed by atoms with Crippen molar-refractivity contribution in [2.75, 3.05) is 0 Å². The van der Waals surface area contributed by atoms with Crippen molar-refractivity contribution in [3.05, 3.63) is 81.6 Å². The highest BCUT2D eigenvalue weighted by Crippen LogP contribution is 2.20. The van der Waals surface area contributed by atoms with Gasteiger partial charge < -0.3 is 4.57 Å². The van der Waals surface area contributed by atoms with Gasteiger partial charge in [-0.15, -0.1) is 0 Å². The highest BCUT2D eigenvalue weighted by Gasteiger charge is 2.16. The smallest absolute Gasteiger partial charge is 0.262 e. The Hall–Kier alpha value is -2.68. The molecule has 0 atom stereocenters. The number of aryl methyl sites for hydroxylation is 1. The molecule has 1 aromatic heterocycles. The molecule has 0 bridgehead atoms. The van der Waals surface area contributed by atoms with E-state index in [2.05, 4.69) is 0 Å². The lowest BCUT2D eigenvalue weighted by atomic mass is 10.0. The number of hydrogen-bond donors (Lipinski definition) is 0. The summed E-state index contributed by atoms with van der Waals surface area (Å²) in [7, 11) is 0. The van der Waals surface area contributed by atoms with Crippen molar-refractivity contribution in [2.45, 2.75) is 20.4 Å². The molecule has 2 aromatic carbocycles. The first kappa shape index (κ1) is 14.3. The topological polar surface area (TPSA) is 39.1 Å². The van der Waals surface area contributed by atoms with Crippen molar-refractivity contribution in [2.24, 2.45) is 0 Å². The molecule has 0 unspecified atom stereocenters. The maximum Gasteiger partial charge on any atom is 0.262 e.